The molecule has 1 N–H and O–H groups in total. The number of hydrogen-bond donors (Lipinski definition) is 1. The van der Waals surface area contributed by atoms with Gasteiger partial charge in [0, 0.05) is 17.6 Å². The van der Waals surface area contributed by atoms with E-state index in [1.54, 1.807) is 0 Å². The normalized spacial score (nSPS) is 11.5. The van der Waals surface area contributed by atoms with Gasteiger partial charge in [-0.3, -0.25) is 4.90 Å². The first-order valence-electron chi connectivity index (χ1n) is 7.27. The lowest BCUT2D eigenvalue weighted by Gasteiger charge is -2.19. The van der Waals surface area contributed by atoms with Crippen LogP contribution in [0.4, 0.5) is 0 Å². The van der Waals surface area contributed by atoms with Crippen LogP contribution in [0, 0.1) is 5.92 Å². The first kappa shape index (κ1) is 16.7. The summed E-state index contributed by atoms with van der Waals surface area (Å²) in [7, 11) is 0. The molecule has 0 bridgehead atoms. The molecule has 1 aromatic carbocycles. The lowest BCUT2D eigenvalue weighted by molar-refractivity contribution is 0.295. The number of rotatable bonds is 8. The third-order valence-electron chi connectivity index (χ3n) is 3.29. The highest BCUT2D eigenvalue weighted by molar-refractivity contribution is 9.10. The maximum absolute atomic E-state index is 3.70. The van der Waals surface area contributed by atoms with E-state index in [0.29, 0.717) is 5.92 Å². The summed E-state index contributed by atoms with van der Waals surface area (Å²) in [4.78, 5) is 2.43. The van der Waals surface area contributed by atoms with E-state index in [1.165, 1.54) is 15.6 Å². The van der Waals surface area contributed by atoms with E-state index < -0.39 is 0 Å². The molecule has 0 unspecified atom stereocenters. The summed E-state index contributed by atoms with van der Waals surface area (Å²) in [6, 6.07) is 6.72. The first-order chi connectivity index (χ1) is 9.06. The average Bonchev–Trinajstić information content (AvgIpc) is 2.37. The van der Waals surface area contributed by atoms with Gasteiger partial charge >= 0.3 is 0 Å². The second kappa shape index (κ2) is 8.72. The van der Waals surface area contributed by atoms with Gasteiger partial charge in [0.1, 0.15) is 0 Å². The summed E-state index contributed by atoms with van der Waals surface area (Å²) >= 11 is 3.70. The minimum Gasteiger partial charge on any atom is -0.312 e. The molecule has 0 spiro atoms. The van der Waals surface area contributed by atoms with Gasteiger partial charge in [-0.25, -0.2) is 0 Å². The fraction of sp³-hybridized carbons (Fsp3) is 0.625. The Labute approximate surface area is 126 Å². The molecule has 0 aliphatic rings. The second-order valence-corrected chi connectivity index (χ2v) is 6.27. The van der Waals surface area contributed by atoms with Gasteiger partial charge < -0.3 is 5.32 Å². The van der Waals surface area contributed by atoms with Crippen molar-refractivity contribution in [3.8, 4) is 0 Å². The summed E-state index contributed by atoms with van der Waals surface area (Å²) in [5.74, 6) is 0.699. The van der Waals surface area contributed by atoms with Crippen LogP contribution in [0.5, 0.6) is 0 Å². The highest BCUT2D eigenvalue weighted by atomic mass is 79.9. The minimum atomic E-state index is 0.699. The molecule has 0 saturated carbocycles. The van der Waals surface area contributed by atoms with E-state index in [1.807, 2.05) is 0 Å². The quantitative estimate of drug-likeness (QED) is 0.775. The van der Waals surface area contributed by atoms with Gasteiger partial charge in [-0.15, -0.1) is 0 Å². The molecule has 0 saturated heterocycles. The highest BCUT2D eigenvalue weighted by Crippen LogP contribution is 2.20. The molecule has 108 valence electrons. The predicted molar refractivity (Wildman–Crippen MR) is 87.3 cm³/mol. The monoisotopic (exact) mass is 326 g/mol. The van der Waals surface area contributed by atoms with E-state index >= 15 is 0 Å². The van der Waals surface area contributed by atoms with Crippen LogP contribution in [0.25, 0.3) is 0 Å². The van der Waals surface area contributed by atoms with Crippen molar-refractivity contribution in [2.45, 2.75) is 40.8 Å². The molecular formula is C16H27BrN2. The molecular weight excluding hydrogens is 300 g/mol. The molecule has 0 amide bonds. The molecule has 0 aromatic heterocycles. The zero-order chi connectivity index (χ0) is 14.3. The van der Waals surface area contributed by atoms with E-state index in [-0.39, 0.29) is 0 Å². The van der Waals surface area contributed by atoms with E-state index in [4.69, 9.17) is 0 Å². The van der Waals surface area contributed by atoms with Crippen LogP contribution in [0.1, 0.15) is 38.8 Å². The van der Waals surface area contributed by atoms with Crippen molar-refractivity contribution in [1.29, 1.82) is 0 Å². The van der Waals surface area contributed by atoms with Gasteiger partial charge in [-0.1, -0.05) is 55.8 Å². The Kier molecular flexibility index (Phi) is 7.66. The van der Waals surface area contributed by atoms with Crippen LogP contribution >= 0.6 is 15.9 Å². The lowest BCUT2D eigenvalue weighted by Crippen LogP contribution is -2.22. The van der Waals surface area contributed by atoms with Crippen molar-refractivity contribution < 1.29 is 0 Å². The summed E-state index contributed by atoms with van der Waals surface area (Å²) < 4.78 is 1.23. The third kappa shape index (κ3) is 6.07. The summed E-state index contributed by atoms with van der Waals surface area (Å²) in [6.45, 7) is 14.1. The lowest BCUT2D eigenvalue weighted by atomic mass is 10.1. The SMILES string of the molecule is CCN(CC)Cc1ccc(CNCC(C)C)cc1Br. The molecule has 0 fully saturated rings. The Morgan fingerprint density at radius 3 is 2.42 bits per heavy atom. The minimum absolute atomic E-state index is 0.699. The van der Waals surface area contributed by atoms with Gasteiger partial charge in [0.25, 0.3) is 0 Å². The van der Waals surface area contributed by atoms with Crippen molar-refractivity contribution in [3.63, 3.8) is 0 Å². The van der Waals surface area contributed by atoms with Gasteiger partial charge in [-0.05, 0) is 42.7 Å². The number of halogens is 1. The van der Waals surface area contributed by atoms with Crippen molar-refractivity contribution in [2.24, 2.45) is 5.92 Å². The molecule has 0 heterocycles. The molecule has 1 rings (SSSR count). The van der Waals surface area contributed by atoms with Gasteiger partial charge in [-0.2, -0.15) is 0 Å². The molecule has 0 radical (unpaired) electrons. The average molecular weight is 327 g/mol. The molecule has 0 aliphatic carbocycles. The van der Waals surface area contributed by atoms with Crippen LogP contribution in [-0.4, -0.2) is 24.5 Å². The molecule has 1 aromatic rings. The number of nitrogens with zero attached hydrogens (tertiary/aromatic N) is 1. The van der Waals surface area contributed by atoms with Crippen LogP contribution in [0.2, 0.25) is 0 Å². The fourth-order valence-corrected chi connectivity index (χ4v) is 2.57. The molecule has 0 atom stereocenters. The highest BCUT2D eigenvalue weighted by Gasteiger charge is 2.06. The molecule has 2 nitrogen and oxygen atoms in total. The zero-order valence-corrected chi connectivity index (χ0v) is 14.3. The first-order valence-corrected chi connectivity index (χ1v) is 8.06. The summed E-state index contributed by atoms with van der Waals surface area (Å²) in [5.41, 5.74) is 2.71. The standard InChI is InChI=1S/C16H27BrN2/c1-5-19(6-2)12-15-8-7-14(9-16(15)17)11-18-10-13(3)4/h7-9,13,18H,5-6,10-12H2,1-4H3. The Morgan fingerprint density at radius 1 is 1.21 bits per heavy atom. The molecule has 19 heavy (non-hydrogen) atoms. The molecule has 3 heteroatoms. The van der Waals surface area contributed by atoms with Crippen LogP contribution in [0.15, 0.2) is 22.7 Å². The Hall–Kier alpha value is -0.380. The van der Waals surface area contributed by atoms with Gasteiger partial charge in [0.15, 0.2) is 0 Å². The smallest absolute Gasteiger partial charge is 0.0244 e. The Morgan fingerprint density at radius 2 is 1.89 bits per heavy atom. The van der Waals surface area contributed by atoms with E-state index in [0.717, 1.165) is 32.7 Å². The maximum atomic E-state index is 3.70. The number of nitrogens with one attached hydrogen (secondary N) is 1. The maximum Gasteiger partial charge on any atom is 0.0244 e. The van der Waals surface area contributed by atoms with E-state index in [2.05, 4.69) is 72.0 Å². The summed E-state index contributed by atoms with van der Waals surface area (Å²) in [5, 5.41) is 3.48. The number of benzene rings is 1. The largest absolute Gasteiger partial charge is 0.312 e. The fourth-order valence-electron chi connectivity index (χ4n) is 2.02. The van der Waals surface area contributed by atoms with Crippen LogP contribution in [0.3, 0.4) is 0 Å². The predicted octanol–water partition coefficient (Wildman–Crippen LogP) is 4.04. The summed E-state index contributed by atoms with van der Waals surface area (Å²) in [6.07, 6.45) is 0. The van der Waals surface area contributed by atoms with Crippen LogP contribution < -0.4 is 5.32 Å². The second-order valence-electron chi connectivity index (χ2n) is 5.41. The van der Waals surface area contributed by atoms with Gasteiger partial charge in [0.2, 0.25) is 0 Å². The van der Waals surface area contributed by atoms with Crippen molar-refractivity contribution in [3.05, 3.63) is 33.8 Å². The Balaban J connectivity index is 2.58. The van der Waals surface area contributed by atoms with Crippen LogP contribution in [-0.2, 0) is 13.1 Å². The topological polar surface area (TPSA) is 15.3 Å². The van der Waals surface area contributed by atoms with Crippen molar-refractivity contribution in [2.75, 3.05) is 19.6 Å². The van der Waals surface area contributed by atoms with Crippen molar-refractivity contribution >= 4 is 15.9 Å². The van der Waals surface area contributed by atoms with E-state index in [9.17, 15) is 0 Å². The zero-order valence-electron chi connectivity index (χ0n) is 12.7. The van der Waals surface area contributed by atoms with Crippen molar-refractivity contribution in [1.82, 2.24) is 10.2 Å². The third-order valence-corrected chi connectivity index (χ3v) is 4.03. The number of hydrogen-bond acceptors (Lipinski definition) is 2. The molecule has 0 aliphatic heterocycles. The van der Waals surface area contributed by atoms with Gasteiger partial charge in [0.05, 0.1) is 0 Å². The Bertz CT molecular complexity index is 373.